The number of hydrogen-bond acceptors (Lipinski definition) is 6. The van der Waals surface area contributed by atoms with Gasteiger partial charge in [0.05, 0.1) is 18.8 Å². The Labute approximate surface area is 210 Å². The number of nitrogens with zero attached hydrogens (tertiary/aromatic N) is 2. The molecule has 5 atom stereocenters. The number of carbonyl (C=O) groups is 2. The highest BCUT2D eigenvalue weighted by Gasteiger charge is 2.46. The Morgan fingerprint density at radius 1 is 1.17 bits per heavy atom. The maximum Gasteiger partial charge on any atom is 0.244 e. The van der Waals surface area contributed by atoms with Crippen molar-refractivity contribution < 1.29 is 23.5 Å². The molecule has 2 saturated heterocycles. The summed E-state index contributed by atoms with van der Waals surface area (Å²) < 4.78 is 25.0. The molecule has 3 aliphatic heterocycles. The van der Waals surface area contributed by atoms with E-state index in [-0.39, 0.29) is 30.0 Å². The number of fused-ring (bicyclic) bond motifs is 2. The predicted octanol–water partition coefficient (Wildman–Crippen LogP) is 2.16. The average molecular weight is 497 g/mol. The summed E-state index contributed by atoms with van der Waals surface area (Å²) in [6.07, 6.45) is 1.52. The van der Waals surface area contributed by atoms with Gasteiger partial charge < -0.3 is 25.4 Å². The minimum Gasteiger partial charge on any atom is -0.493 e. The van der Waals surface area contributed by atoms with Gasteiger partial charge in [0.15, 0.2) is 0 Å². The summed E-state index contributed by atoms with van der Waals surface area (Å²) in [5, 5.41) is 3.17. The van der Waals surface area contributed by atoms with E-state index in [2.05, 4.69) is 10.2 Å². The third kappa shape index (κ3) is 4.96. The predicted molar refractivity (Wildman–Crippen MR) is 132 cm³/mol. The van der Waals surface area contributed by atoms with Gasteiger partial charge in [-0.3, -0.25) is 14.5 Å². The number of ether oxygens (including phenoxy) is 2. The van der Waals surface area contributed by atoms with Crippen molar-refractivity contribution in [2.75, 3.05) is 32.8 Å². The van der Waals surface area contributed by atoms with Crippen molar-refractivity contribution in [3.8, 4) is 5.75 Å². The first kappa shape index (κ1) is 24.7. The second-order valence-corrected chi connectivity index (χ2v) is 9.69. The number of carbonyl (C=O) groups excluding carboxylic acids is 2. The summed E-state index contributed by atoms with van der Waals surface area (Å²) in [4.78, 5) is 31.2. The minimum absolute atomic E-state index is 0.0758. The number of hydrogen-bond donors (Lipinski definition) is 2. The van der Waals surface area contributed by atoms with E-state index in [9.17, 15) is 14.0 Å². The number of para-hydroxylation sites is 1. The van der Waals surface area contributed by atoms with Gasteiger partial charge in [0.25, 0.3) is 0 Å². The van der Waals surface area contributed by atoms with Crippen molar-refractivity contribution in [1.29, 1.82) is 0 Å². The van der Waals surface area contributed by atoms with Gasteiger partial charge in [0.1, 0.15) is 23.7 Å². The first-order valence-corrected chi connectivity index (χ1v) is 12.6. The van der Waals surface area contributed by atoms with Crippen LogP contribution in [0, 0.1) is 5.82 Å². The first-order chi connectivity index (χ1) is 17.4. The second kappa shape index (κ2) is 10.5. The maximum atomic E-state index is 13.7. The molecule has 8 nitrogen and oxygen atoms in total. The highest BCUT2D eigenvalue weighted by atomic mass is 19.1. The van der Waals surface area contributed by atoms with Crippen LogP contribution in [-0.4, -0.2) is 72.6 Å². The van der Waals surface area contributed by atoms with Gasteiger partial charge in [0.2, 0.25) is 11.8 Å². The van der Waals surface area contributed by atoms with Crippen LogP contribution >= 0.6 is 0 Å². The lowest BCUT2D eigenvalue weighted by molar-refractivity contribution is -0.146. The van der Waals surface area contributed by atoms with Crippen LogP contribution in [0.15, 0.2) is 48.5 Å². The van der Waals surface area contributed by atoms with Crippen molar-refractivity contribution in [1.82, 2.24) is 15.1 Å². The molecule has 9 heteroatoms. The third-order valence-electron chi connectivity index (χ3n) is 7.44. The zero-order valence-corrected chi connectivity index (χ0v) is 20.4. The summed E-state index contributed by atoms with van der Waals surface area (Å²) in [6.45, 7) is 4.63. The third-order valence-corrected chi connectivity index (χ3v) is 7.44. The minimum atomic E-state index is -0.986. The molecule has 0 radical (unpaired) electrons. The summed E-state index contributed by atoms with van der Waals surface area (Å²) in [5.41, 5.74) is 7.79. The monoisotopic (exact) mass is 496 g/mol. The van der Waals surface area contributed by atoms with Gasteiger partial charge in [-0.2, -0.15) is 0 Å². The van der Waals surface area contributed by atoms with E-state index < -0.39 is 17.9 Å². The lowest BCUT2D eigenvalue weighted by Crippen LogP contribution is -2.64. The zero-order chi connectivity index (χ0) is 25.2. The zero-order valence-electron chi connectivity index (χ0n) is 20.4. The van der Waals surface area contributed by atoms with Crippen molar-refractivity contribution in [3.05, 3.63) is 65.5 Å². The Bertz CT molecular complexity index is 1100. The molecule has 3 heterocycles. The van der Waals surface area contributed by atoms with Crippen LogP contribution in [0.4, 0.5) is 4.39 Å². The number of halogens is 1. The lowest BCUT2D eigenvalue weighted by Gasteiger charge is -2.44. The molecule has 2 aromatic carbocycles. The van der Waals surface area contributed by atoms with E-state index in [1.165, 1.54) is 24.3 Å². The van der Waals surface area contributed by atoms with Crippen LogP contribution < -0.4 is 15.8 Å². The van der Waals surface area contributed by atoms with Gasteiger partial charge >= 0.3 is 0 Å². The normalized spacial score (nSPS) is 26.5. The molecule has 0 saturated carbocycles. The van der Waals surface area contributed by atoms with Gasteiger partial charge in [-0.15, -0.1) is 0 Å². The number of rotatable bonds is 6. The first-order valence-electron chi connectivity index (χ1n) is 12.6. The highest BCUT2D eigenvalue weighted by Crippen LogP contribution is 2.33. The van der Waals surface area contributed by atoms with E-state index in [1.54, 1.807) is 4.90 Å². The van der Waals surface area contributed by atoms with Crippen LogP contribution in [0.2, 0.25) is 0 Å². The van der Waals surface area contributed by atoms with Crippen molar-refractivity contribution in [3.63, 3.8) is 0 Å². The molecule has 0 bridgehead atoms. The van der Waals surface area contributed by atoms with Gasteiger partial charge in [-0.05, 0) is 37.1 Å². The fraction of sp³-hybridized carbons (Fsp3) is 0.481. The lowest BCUT2D eigenvalue weighted by atomic mass is 9.98. The van der Waals surface area contributed by atoms with E-state index in [0.29, 0.717) is 38.3 Å². The smallest absolute Gasteiger partial charge is 0.244 e. The Morgan fingerprint density at radius 2 is 1.94 bits per heavy atom. The van der Waals surface area contributed by atoms with Gasteiger partial charge in [0, 0.05) is 44.3 Å². The van der Waals surface area contributed by atoms with Gasteiger partial charge in [-0.25, -0.2) is 4.39 Å². The van der Waals surface area contributed by atoms with Gasteiger partial charge in [-0.1, -0.05) is 30.3 Å². The van der Waals surface area contributed by atoms with E-state index in [4.69, 9.17) is 15.2 Å². The SMILES string of the molecule is CCO[C@@H]1C[C@@H]2CN(C(=O)[C@@H](N)c3ccc(F)cc3)[C@H](C(=O)N[C@@H]3CCOc4ccccc43)CN2C1. The maximum absolute atomic E-state index is 13.7. The molecule has 2 amide bonds. The molecule has 192 valence electrons. The average Bonchev–Trinajstić information content (AvgIpc) is 3.29. The van der Waals surface area contributed by atoms with E-state index >= 15 is 0 Å². The molecule has 2 fully saturated rings. The Morgan fingerprint density at radius 3 is 2.72 bits per heavy atom. The summed E-state index contributed by atoms with van der Waals surface area (Å²) in [5.74, 6) is -0.180. The molecule has 0 aromatic heterocycles. The number of benzene rings is 2. The molecule has 0 spiro atoms. The van der Waals surface area contributed by atoms with E-state index in [0.717, 1.165) is 24.3 Å². The molecular formula is C27H33FN4O4. The Balaban J connectivity index is 1.38. The molecule has 0 unspecified atom stereocenters. The quantitative estimate of drug-likeness (QED) is 0.636. The number of nitrogens with one attached hydrogen (secondary N) is 1. The standard InChI is InChI=1S/C27H33FN4O4/c1-2-35-20-13-19-14-32(27(34)25(29)17-7-9-18(28)10-8-17)23(16-31(19)15-20)26(33)30-22-11-12-36-24-6-4-3-5-21(22)24/h3-10,19-20,22-23,25H,2,11-16,29H2,1H3,(H,30,33)/t19-,20-,22-,23+,25+/m1/s1. The Hall–Kier alpha value is -3.01. The second-order valence-electron chi connectivity index (χ2n) is 9.69. The number of amides is 2. The molecular weight excluding hydrogens is 463 g/mol. The summed E-state index contributed by atoms with van der Waals surface area (Å²) in [6, 6.07) is 11.5. The fourth-order valence-electron chi connectivity index (χ4n) is 5.60. The van der Waals surface area contributed by atoms with Crippen molar-refractivity contribution in [2.24, 2.45) is 5.73 Å². The number of piperazine rings is 1. The van der Waals surface area contributed by atoms with Crippen molar-refractivity contribution >= 4 is 11.8 Å². The fourth-order valence-corrected chi connectivity index (χ4v) is 5.60. The summed E-state index contributed by atoms with van der Waals surface area (Å²) in [7, 11) is 0. The summed E-state index contributed by atoms with van der Waals surface area (Å²) >= 11 is 0. The molecule has 3 N–H and O–H groups in total. The Kier molecular flexibility index (Phi) is 7.22. The van der Waals surface area contributed by atoms with Crippen molar-refractivity contribution in [2.45, 2.75) is 50.0 Å². The molecule has 36 heavy (non-hydrogen) atoms. The van der Waals surface area contributed by atoms with Crippen LogP contribution in [0.5, 0.6) is 5.75 Å². The van der Waals surface area contributed by atoms with E-state index in [1.807, 2.05) is 31.2 Å². The molecule has 5 rings (SSSR count). The molecule has 3 aliphatic rings. The van der Waals surface area contributed by atoms with Crippen LogP contribution in [0.1, 0.15) is 43.0 Å². The van der Waals surface area contributed by atoms with Crippen LogP contribution in [0.3, 0.4) is 0 Å². The topological polar surface area (TPSA) is 97.1 Å². The molecule has 0 aliphatic carbocycles. The van der Waals surface area contributed by atoms with Crippen LogP contribution in [-0.2, 0) is 14.3 Å². The highest BCUT2D eigenvalue weighted by molar-refractivity contribution is 5.91. The molecule has 2 aromatic rings. The largest absolute Gasteiger partial charge is 0.493 e. The van der Waals surface area contributed by atoms with Crippen LogP contribution in [0.25, 0.3) is 0 Å². The number of nitrogens with two attached hydrogens (primary N) is 1.